The summed E-state index contributed by atoms with van der Waals surface area (Å²) >= 11 is 0. The van der Waals surface area contributed by atoms with Crippen LogP contribution in [0.1, 0.15) is 18.7 Å². The molecule has 162 valence electrons. The monoisotopic (exact) mass is 439 g/mol. The van der Waals surface area contributed by atoms with Crippen molar-refractivity contribution >= 4 is 16.7 Å². The van der Waals surface area contributed by atoms with E-state index in [4.69, 9.17) is 9.97 Å². The van der Waals surface area contributed by atoms with Gasteiger partial charge in [0.25, 0.3) is 0 Å². The van der Waals surface area contributed by atoms with Gasteiger partial charge in [-0.15, -0.1) is 0 Å². The number of aromatic nitrogens is 4. The largest absolute Gasteiger partial charge is 0.361 e. The Bertz CT molecular complexity index is 1430. The van der Waals surface area contributed by atoms with Crippen LogP contribution >= 0.6 is 0 Å². The summed E-state index contributed by atoms with van der Waals surface area (Å²) in [5.74, 6) is -0.139. The minimum atomic E-state index is -0.626. The second-order valence-corrected chi connectivity index (χ2v) is 7.61. The minimum absolute atomic E-state index is 0.141. The third-order valence-electron chi connectivity index (χ3n) is 5.34. The van der Waals surface area contributed by atoms with E-state index in [0.717, 1.165) is 17.3 Å². The summed E-state index contributed by atoms with van der Waals surface area (Å²) in [4.78, 5) is 18.0. The maximum absolute atomic E-state index is 14.5. The molecule has 1 unspecified atom stereocenters. The van der Waals surface area contributed by atoms with Crippen molar-refractivity contribution in [2.75, 3.05) is 5.32 Å². The molecule has 3 heterocycles. The Morgan fingerprint density at radius 3 is 2.52 bits per heavy atom. The average Bonchev–Trinajstić information content (AvgIpc) is 2.85. The Kier molecular flexibility index (Phi) is 5.44. The number of hydrogen-bond acceptors (Lipinski definition) is 5. The molecular weight excluding hydrogens is 420 g/mol. The molecule has 2 aromatic carbocycles. The number of benzene rings is 2. The zero-order chi connectivity index (χ0) is 22.8. The van der Waals surface area contributed by atoms with Gasteiger partial charge in [-0.1, -0.05) is 12.1 Å². The van der Waals surface area contributed by atoms with Crippen molar-refractivity contribution < 1.29 is 8.78 Å². The zero-order valence-electron chi connectivity index (χ0n) is 17.7. The van der Waals surface area contributed by atoms with Gasteiger partial charge in [0.2, 0.25) is 0 Å². The van der Waals surface area contributed by atoms with Gasteiger partial charge < -0.3 is 5.32 Å². The molecule has 33 heavy (non-hydrogen) atoms. The quantitative estimate of drug-likeness (QED) is 0.353. The first-order chi connectivity index (χ1) is 16.1. The van der Waals surface area contributed by atoms with Crippen molar-refractivity contribution in [3.8, 4) is 22.5 Å². The predicted molar refractivity (Wildman–Crippen MR) is 124 cm³/mol. The molecule has 5 rings (SSSR count). The van der Waals surface area contributed by atoms with Crippen LogP contribution in [0.2, 0.25) is 0 Å². The summed E-state index contributed by atoms with van der Waals surface area (Å²) in [6.07, 6.45) is 5.13. The van der Waals surface area contributed by atoms with Crippen molar-refractivity contribution in [1.29, 1.82) is 0 Å². The van der Waals surface area contributed by atoms with Gasteiger partial charge >= 0.3 is 0 Å². The van der Waals surface area contributed by atoms with Crippen LogP contribution in [0.4, 0.5) is 14.6 Å². The number of hydrogen-bond donors (Lipinski definition) is 1. The fraction of sp³-hybridized carbons (Fsp3) is 0.0769. The normalized spacial score (nSPS) is 12.0. The highest BCUT2D eigenvalue weighted by molar-refractivity contribution is 5.94. The third kappa shape index (κ3) is 4.25. The molecule has 0 radical (unpaired) electrons. The van der Waals surface area contributed by atoms with Gasteiger partial charge in [-0.3, -0.25) is 9.97 Å². The second-order valence-electron chi connectivity index (χ2n) is 7.61. The molecule has 0 amide bonds. The van der Waals surface area contributed by atoms with Crippen LogP contribution in [-0.4, -0.2) is 19.9 Å². The molecule has 0 bridgehead atoms. The van der Waals surface area contributed by atoms with E-state index < -0.39 is 11.6 Å². The van der Waals surface area contributed by atoms with Crippen LogP contribution in [0, 0.1) is 11.6 Å². The smallest absolute Gasteiger partial charge is 0.163 e. The van der Waals surface area contributed by atoms with Gasteiger partial charge in [0.05, 0.1) is 17.3 Å². The third-order valence-corrected chi connectivity index (χ3v) is 5.34. The van der Waals surface area contributed by atoms with Crippen LogP contribution in [-0.2, 0) is 0 Å². The fourth-order valence-corrected chi connectivity index (χ4v) is 3.66. The highest BCUT2D eigenvalue weighted by atomic mass is 19.1. The minimum Gasteiger partial charge on any atom is -0.361 e. The van der Waals surface area contributed by atoms with Gasteiger partial charge in [-0.25, -0.2) is 18.7 Å². The van der Waals surface area contributed by atoms with Gasteiger partial charge in [0, 0.05) is 41.2 Å². The Hall–Kier alpha value is -4.26. The van der Waals surface area contributed by atoms with E-state index in [0.29, 0.717) is 33.7 Å². The van der Waals surface area contributed by atoms with Crippen LogP contribution in [0.15, 0.2) is 85.3 Å². The van der Waals surface area contributed by atoms with Crippen LogP contribution < -0.4 is 5.32 Å². The zero-order valence-corrected chi connectivity index (χ0v) is 17.7. The lowest BCUT2D eigenvalue weighted by atomic mass is 10.0. The Balaban J connectivity index is 1.65. The summed E-state index contributed by atoms with van der Waals surface area (Å²) in [7, 11) is 0. The summed E-state index contributed by atoms with van der Waals surface area (Å²) in [5, 5.41) is 4.14. The van der Waals surface area contributed by atoms with Crippen LogP contribution in [0.25, 0.3) is 33.4 Å². The maximum atomic E-state index is 14.5. The van der Waals surface area contributed by atoms with E-state index >= 15 is 0 Å². The van der Waals surface area contributed by atoms with E-state index in [2.05, 4.69) is 15.3 Å². The van der Waals surface area contributed by atoms with Crippen molar-refractivity contribution in [3.63, 3.8) is 0 Å². The van der Waals surface area contributed by atoms with Crippen LogP contribution in [0.5, 0.6) is 0 Å². The standard InChI is InChI=1S/C26H19F2N5/c1-16(23-6-2-3-12-30-23)31-26-21-13-17(20-9-8-19(27)14-22(20)28)7-10-24(21)32-25(33-26)18-5-4-11-29-15-18/h2-16H,1H3,(H,31,32,33). The van der Waals surface area contributed by atoms with E-state index in [-0.39, 0.29) is 6.04 Å². The second kappa shape index (κ2) is 8.70. The highest BCUT2D eigenvalue weighted by Gasteiger charge is 2.15. The number of nitrogens with zero attached hydrogens (tertiary/aromatic N) is 4. The molecule has 5 nitrogen and oxygen atoms in total. The van der Waals surface area contributed by atoms with Gasteiger partial charge in [0.15, 0.2) is 5.82 Å². The number of fused-ring (bicyclic) bond motifs is 1. The van der Waals surface area contributed by atoms with Crippen molar-refractivity contribution in [1.82, 2.24) is 19.9 Å². The summed E-state index contributed by atoms with van der Waals surface area (Å²) < 4.78 is 27.9. The molecule has 0 saturated heterocycles. The Morgan fingerprint density at radius 1 is 0.848 bits per heavy atom. The van der Waals surface area contributed by atoms with E-state index in [9.17, 15) is 8.78 Å². The molecule has 0 saturated carbocycles. The molecule has 0 fully saturated rings. The van der Waals surface area contributed by atoms with E-state index in [1.54, 1.807) is 24.7 Å². The Labute approximate surface area is 189 Å². The number of pyridine rings is 2. The molecule has 5 aromatic rings. The summed E-state index contributed by atoms with van der Waals surface area (Å²) in [5.41, 5.74) is 3.23. The molecule has 0 aliphatic carbocycles. The maximum Gasteiger partial charge on any atom is 0.163 e. The molecule has 1 N–H and O–H groups in total. The molecule has 0 aliphatic rings. The fourth-order valence-electron chi connectivity index (χ4n) is 3.66. The van der Waals surface area contributed by atoms with E-state index in [1.807, 2.05) is 49.4 Å². The molecule has 3 aromatic heterocycles. The lowest BCUT2D eigenvalue weighted by molar-refractivity contribution is 0.585. The summed E-state index contributed by atoms with van der Waals surface area (Å²) in [6.45, 7) is 1.99. The van der Waals surface area contributed by atoms with E-state index in [1.165, 1.54) is 12.1 Å². The predicted octanol–water partition coefficient (Wildman–Crippen LogP) is 6.21. The lowest BCUT2D eigenvalue weighted by Crippen LogP contribution is -2.11. The topological polar surface area (TPSA) is 63.6 Å². The van der Waals surface area contributed by atoms with Gasteiger partial charge in [-0.05, 0) is 61.0 Å². The first kappa shape index (κ1) is 20.6. The first-order valence-corrected chi connectivity index (χ1v) is 10.4. The molecule has 7 heteroatoms. The molecule has 0 aliphatic heterocycles. The Morgan fingerprint density at radius 2 is 1.76 bits per heavy atom. The lowest BCUT2D eigenvalue weighted by Gasteiger charge is -2.17. The van der Waals surface area contributed by atoms with Crippen molar-refractivity contribution in [2.24, 2.45) is 0 Å². The number of rotatable bonds is 5. The average molecular weight is 439 g/mol. The number of halogens is 2. The van der Waals surface area contributed by atoms with Crippen molar-refractivity contribution in [2.45, 2.75) is 13.0 Å². The number of nitrogens with one attached hydrogen (secondary N) is 1. The van der Waals surface area contributed by atoms with Gasteiger partial charge in [0.1, 0.15) is 17.5 Å². The molecular formula is C26H19F2N5. The number of anilines is 1. The SMILES string of the molecule is CC(Nc1nc(-c2cccnc2)nc2ccc(-c3ccc(F)cc3F)cc12)c1ccccn1. The highest BCUT2D eigenvalue weighted by Crippen LogP contribution is 2.32. The molecule has 0 spiro atoms. The van der Waals surface area contributed by atoms with Crippen molar-refractivity contribution in [3.05, 3.63) is 103 Å². The van der Waals surface area contributed by atoms with Crippen LogP contribution in [0.3, 0.4) is 0 Å². The summed E-state index contributed by atoms with van der Waals surface area (Å²) in [6, 6.07) is 18.2. The first-order valence-electron chi connectivity index (χ1n) is 10.4. The van der Waals surface area contributed by atoms with Gasteiger partial charge in [-0.2, -0.15) is 0 Å². The molecule has 1 atom stereocenters.